The topological polar surface area (TPSA) is 12.5 Å². The predicted molar refractivity (Wildman–Crippen MR) is 150 cm³/mol. The van der Waals surface area contributed by atoms with E-state index in [1.54, 1.807) is 0 Å². The van der Waals surface area contributed by atoms with Gasteiger partial charge in [0.2, 0.25) is 0 Å². The molecule has 0 aromatic heterocycles. The maximum atomic E-state index is 6.76. The average Bonchev–Trinajstić information content (AvgIpc) is 2.83. The van der Waals surface area contributed by atoms with Crippen molar-refractivity contribution in [3.05, 3.63) is 96.1 Å². The van der Waals surface area contributed by atoms with Crippen LogP contribution < -0.4 is 20.5 Å². The van der Waals surface area contributed by atoms with E-state index in [1.165, 1.54) is 50.2 Å². The van der Waals surface area contributed by atoms with Crippen LogP contribution in [0.3, 0.4) is 0 Å². The molecule has 0 saturated heterocycles. The van der Waals surface area contributed by atoms with Crippen LogP contribution in [0.15, 0.2) is 84.9 Å². The van der Waals surface area contributed by atoms with Gasteiger partial charge in [-0.3, -0.25) is 0 Å². The minimum absolute atomic E-state index is 0.0561. The van der Waals surface area contributed by atoms with E-state index < -0.39 is 0 Å². The highest BCUT2D eigenvalue weighted by molar-refractivity contribution is 6.85. The summed E-state index contributed by atoms with van der Waals surface area (Å²) in [5.74, 6) is 0.956. The molecule has 2 aliphatic rings. The second-order valence-electron chi connectivity index (χ2n) is 11.9. The van der Waals surface area contributed by atoms with Crippen molar-refractivity contribution >= 4 is 34.9 Å². The van der Waals surface area contributed by atoms with E-state index in [-0.39, 0.29) is 17.7 Å². The minimum atomic E-state index is -0.126. The second kappa shape index (κ2) is 7.52. The summed E-state index contributed by atoms with van der Waals surface area (Å²) in [6, 6.07) is 31.1. The lowest BCUT2D eigenvalue weighted by Crippen LogP contribution is -2.56. The molecule has 2 nitrogen and oxygen atoms in total. The van der Waals surface area contributed by atoms with E-state index in [0.717, 1.165) is 5.75 Å². The summed E-state index contributed by atoms with van der Waals surface area (Å²) in [5, 5.41) is 0. The molecule has 0 bridgehead atoms. The van der Waals surface area contributed by atoms with Crippen molar-refractivity contribution in [3.63, 3.8) is 0 Å². The van der Waals surface area contributed by atoms with E-state index in [4.69, 9.17) is 4.65 Å². The largest absolute Gasteiger partial charge is 0.551 e. The number of nitrogens with zero attached hydrogens (tertiary/aromatic N) is 1. The molecule has 35 heavy (non-hydrogen) atoms. The molecular formula is C32H32BNO. The van der Waals surface area contributed by atoms with Crippen molar-refractivity contribution < 1.29 is 4.65 Å². The van der Waals surface area contributed by atoms with Gasteiger partial charge in [0.25, 0.3) is 0 Å². The van der Waals surface area contributed by atoms with E-state index in [2.05, 4.69) is 131 Å². The van der Waals surface area contributed by atoms with Crippen LogP contribution >= 0.6 is 0 Å². The summed E-state index contributed by atoms with van der Waals surface area (Å²) in [4.78, 5) is 2.42. The lowest BCUT2D eigenvalue weighted by molar-refractivity contribution is 0.585. The number of fused-ring (bicyclic) bond motifs is 4. The number of anilines is 3. The van der Waals surface area contributed by atoms with Crippen LogP contribution in [0.4, 0.5) is 17.1 Å². The van der Waals surface area contributed by atoms with Gasteiger partial charge in [0.15, 0.2) is 0 Å². The van der Waals surface area contributed by atoms with Crippen molar-refractivity contribution in [2.75, 3.05) is 4.90 Å². The van der Waals surface area contributed by atoms with E-state index in [0.29, 0.717) is 0 Å². The van der Waals surface area contributed by atoms with Crippen molar-refractivity contribution in [3.8, 4) is 16.9 Å². The fraction of sp³-hybridized carbons (Fsp3) is 0.250. The van der Waals surface area contributed by atoms with Gasteiger partial charge in [-0.2, -0.15) is 0 Å². The van der Waals surface area contributed by atoms with Gasteiger partial charge >= 0.3 is 6.92 Å². The molecule has 0 fully saturated rings. The highest BCUT2D eigenvalue weighted by Crippen LogP contribution is 2.43. The van der Waals surface area contributed by atoms with E-state index >= 15 is 0 Å². The molecule has 2 aliphatic heterocycles. The summed E-state index contributed by atoms with van der Waals surface area (Å²) < 4.78 is 6.76. The molecule has 0 spiro atoms. The van der Waals surface area contributed by atoms with Crippen LogP contribution in [0.25, 0.3) is 11.1 Å². The van der Waals surface area contributed by atoms with Crippen LogP contribution in [0.2, 0.25) is 0 Å². The Kier molecular flexibility index (Phi) is 4.73. The average molecular weight is 457 g/mol. The first-order valence-electron chi connectivity index (χ1n) is 12.6. The molecule has 0 atom stereocenters. The molecule has 2 heterocycles. The Balaban J connectivity index is 1.62. The molecular weight excluding hydrogens is 425 g/mol. The quantitative estimate of drug-likeness (QED) is 0.280. The van der Waals surface area contributed by atoms with E-state index in [1.807, 2.05) is 0 Å². The third-order valence-corrected chi connectivity index (χ3v) is 7.42. The molecule has 6 rings (SSSR count). The predicted octanol–water partition coefficient (Wildman–Crippen LogP) is 7.23. The zero-order valence-corrected chi connectivity index (χ0v) is 21.5. The van der Waals surface area contributed by atoms with Gasteiger partial charge in [0.05, 0.1) is 0 Å². The fourth-order valence-electron chi connectivity index (χ4n) is 5.41. The third kappa shape index (κ3) is 3.48. The summed E-state index contributed by atoms with van der Waals surface area (Å²) in [6.07, 6.45) is 0. The number of para-hydroxylation sites is 1. The zero-order chi connectivity index (χ0) is 24.5. The molecule has 0 saturated carbocycles. The summed E-state index contributed by atoms with van der Waals surface area (Å²) in [6.45, 7) is 13.5. The van der Waals surface area contributed by atoms with Gasteiger partial charge in [-0.15, -0.1) is 0 Å². The highest BCUT2D eigenvalue weighted by Gasteiger charge is 2.42. The Morgan fingerprint density at radius 3 is 2.00 bits per heavy atom. The first-order chi connectivity index (χ1) is 16.6. The van der Waals surface area contributed by atoms with Crippen LogP contribution in [-0.4, -0.2) is 6.92 Å². The van der Waals surface area contributed by atoms with Crippen molar-refractivity contribution in [2.24, 2.45) is 0 Å². The number of rotatable bonds is 1. The maximum Gasteiger partial charge on any atom is 0.431 e. The van der Waals surface area contributed by atoms with Crippen molar-refractivity contribution in [1.82, 2.24) is 0 Å². The van der Waals surface area contributed by atoms with Gasteiger partial charge in [0, 0.05) is 28.1 Å². The lowest BCUT2D eigenvalue weighted by Gasteiger charge is -2.40. The Hall–Kier alpha value is -3.46. The van der Waals surface area contributed by atoms with Crippen LogP contribution in [0.5, 0.6) is 5.75 Å². The van der Waals surface area contributed by atoms with Gasteiger partial charge in [-0.1, -0.05) is 96.1 Å². The van der Waals surface area contributed by atoms with Gasteiger partial charge in [-0.05, 0) is 63.3 Å². The molecule has 3 heteroatoms. The second-order valence-corrected chi connectivity index (χ2v) is 11.9. The smallest absolute Gasteiger partial charge is 0.431 e. The van der Waals surface area contributed by atoms with Crippen LogP contribution in [0.1, 0.15) is 52.7 Å². The molecule has 0 amide bonds. The highest BCUT2D eigenvalue weighted by atomic mass is 16.4. The molecule has 174 valence electrons. The first-order valence-corrected chi connectivity index (χ1v) is 12.6. The molecule has 0 N–H and O–H groups in total. The molecule has 0 unspecified atom stereocenters. The summed E-state index contributed by atoms with van der Waals surface area (Å²) >= 11 is 0. The standard InChI is InChI=1S/C32H32BNO/c1-31(2,3)21-14-17-23(18-15-21)34-27-19-16-22(32(4,5)6)20-26(27)33-30-25(11-9-12-28(30)34)24-10-7-8-13-29(24)35-33/h7-20H,1-6H3. The SMILES string of the molecule is CC(C)(C)c1ccc(N2c3ccc(C(C)(C)C)cc3B3Oc4ccccc4-c4cccc2c43)cc1. The van der Waals surface area contributed by atoms with Crippen molar-refractivity contribution in [1.29, 1.82) is 0 Å². The Bertz CT molecular complexity index is 1440. The van der Waals surface area contributed by atoms with Crippen molar-refractivity contribution in [2.45, 2.75) is 52.4 Å². The van der Waals surface area contributed by atoms with E-state index in [9.17, 15) is 0 Å². The Labute approximate surface area is 209 Å². The monoisotopic (exact) mass is 457 g/mol. The van der Waals surface area contributed by atoms with Crippen LogP contribution in [0, 0.1) is 0 Å². The van der Waals surface area contributed by atoms with Gasteiger partial charge in [0.1, 0.15) is 5.75 Å². The summed E-state index contributed by atoms with van der Waals surface area (Å²) in [5.41, 5.74) is 11.3. The van der Waals surface area contributed by atoms with Gasteiger partial charge < -0.3 is 9.55 Å². The molecule has 0 aliphatic carbocycles. The first kappa shape index (κ1) is 22.0. The molecule has 4 aromatic carbocycles. The maximum absolute atomic E-state index is 6.76. The third-order valence-electron chi connectivity index (χ3n) is 7.42. The fourth-order valence-corrected chi connectivity index (χ4v) is 5.41. The number of hydrogen-bond donors (Lipinski definition) is 0. The number of benzene rings is 4. The Morgan fingerprint density at radius 1 is 0.629 bits per heavy atom. The Morgan fingerprint density at radius 2 is 1.29 bits per heavy atom. The molecule has 4 aromatic rings. The zero-order valence-electron chi connectivity index (χ0n) is 21.5. The van der Waals surface area contributed by atoms with Gasteiger partial charge in [-0.25, -0.2) is 0 Å². The number of hydrogen-bond acceptors (Lipinski definition) is 2. The summed E-state index contributed by atoms with van der Waals surface area (Å²) in [7, 11) is 0. The minimum Gasteiger partial charge on any atom is -0.551 e. The molecule has 0 radical (unpaired) electrons. The lowest BCUT2D eigenvalue weighted by atomic mass is 9.49. The van der Waals surface area contributed by atoms with Crippen LogP contribution in [-0.2, 0) is 10.8 Å². The normalized spacial score (nSPS) is 14.1.